The summed E-state index contributed by atoms with van der Waals surface area (Å²) < 4.78 is 11.3. The Bertz CT molecular complexity index is 248. The van der Waals surface area contributed by atoms with Gasteiger partial charge in [0.2, 0.25) is 0 Å². The normalized spacial score (nSPS) is 28.4. The maximum atomic E-state index is 9.11. The molecule has 2 rings (SSSR count). The van der Waals surface area contributed by atoms with Gasteiger partial charge in [-0.25, -0.2) is 0 Å². The van der Waals surface area contributed by atoms with Crippen molar-refractivity contribution in [3.63, 3.8) is 0 Å². The highest BCUT2D eigenvalue weighted by molar-refractivity contribution is 7.99. The Labute approximate surface area is 120 Å². The molecule has 0 bridgehead atoms. The second kappa shape index (κ2) is 7.84. The van der Waals surface area contributed by atoms with Crippen molar-refractivity contribution >= 4 is 11.8 Å². The summed E-state index contributed by atoms with van der Waals surface area (Å²) in [7, 11) is 1.72. The standard InChI is InChI=1S/C14H27NO3S/c1-17-11-13(2-6-16)15-12-3-7-18-14(10-12)4-8-19-9-5-14/h12-13,15-16H,2-11H2,1H3. The van der Waals surface area contributed by atoms with Gasteiger partial charge >= 0.3 is 0 Å². The summed E-state index contributed by atoms with van der Waals surface area (Å²) in [4.78, 5) is 0. The van der Waals surface area contributed by atoms with E-state index in [9.17, 15) is 0 Å². The first-order valence-electron chi connectivity index (χ1n) is 7.35. The van der Waals surface area contributed by atoms with Gasteiger partial charge in [0.1, 0.15) is 0 Å². The van der Waals surface area contributed by atoms with Crippen LogP contribution in [-0.4, -0.2) is 61.2 Å². The van der Waals surface area contributed by atoms with Crippen LogP contribution in [0.3, 0.4) is 0 Å². The molecule has 0 radical (unpaired) electrons. The molecule has 2 aliphatic heterocycles. The maximum absolute atomic E-state index is 9.11. The van der Waals surface area contributed by atoms with E-state index in [0.29, 0.717) is 12.6 Å². The zero-order valence-electron chi connectivity index (χ0n) is 11.9. The van der Waals surface area contributed by atoms with Crippen molar-refractivity contribution in [3.05, 3.63) is 0 Å². The van der Waals surface area contributed by atoms with Crippen LogP contribution < -0.4 is 5.32 Å². The molecule has 2 atom stereocenters. The van der Waals surface area contributed by atoms with E-state index < -0.39 is 0 Å². The van der Waals surface area contributed by atoms with Crippen molar-refractivity contribution in [1.29, 1.82) is 0 Å². The van der Waals surface area contributed by atoms with E-state index in [4.69, 9.17) is 14.6 Å². The molecule has 2 heterocycles. The molecule has 1 spiro atoms. The van der Waals surface area contributed by atoms with E-state index in [0.717, 1.165) is 25.9 Å². The monoisotopic (exact) mass is 289 g/mol. The maximum Gasteiger partial charge on any atom is 0.0713 e. The number of hydrogen-bond donors (Lipinski definition) is 2. The zero-order chi connectivity index (χ0) is 13.6. The lowest BCUT2D eigenvalue weighted by atomic mass is 9.85. The number of hydrogen-bond acceptors (Lipinski definition) is 5. The fourth-order valence-electron chi connectivity index (χ4n) is 3.17. The lowest BCUT2D eigenvalue weighted by molar-refractivity contribution is -0.0950. The third-order valence-electron chi connectivity index (χ3n) is 4.21. The second-order valence-corrected chi connectivity index (χ2v) is 6.89. The molecule has 0 aliphatic carbocycles. The molecule has 2 aliphatic rings. The fraction of sp³-hybridized carbons (Fsp3) is 1.00. The average Bonchev–Trinajstić information content (AvgIpc) is 2.40. The van der Waals surface area contributed by atoms with Gasteiger partial charge in [-0.05, 0) is 43.6 Å². The van der Waals surface area contributed by atoms with Crippen LogP contribution in [0.1, 0.15) is 32.1 Å². The van der Waals surface area contributed by atoms with Crippen molar-refractivity contribution in [2.45, 2.75) is 49.8 Å². The van der Waals surface area contributed by atoms with Gasteiger partial charge in [-0.2, -0.15) is 11.8 Å². The molecular formula is C14H27NO3S. The van der Waals surface area contributed by atoms with Crippen LogP contribution in [0.15, 0.2) is 0 Å². The molecule has 2 unspecified atom stereocenters. The lowest BCUT2D eigenvalue weighted by Crippen LogP contribution is -2.52. The predicted octanol–water partition coefficient (Wildman–Crippen LogP) is 1.42. The highest BCUT2D eigenvalue weighted by Crippen LogP contribution is 2.37. The van der Waals surface area contributed by atoms with Gasteiger partial charge in [-0.1, -0.05) is 0 Å². The molecule has 2 N–H and O–H groups in total. The number of aliphatic hydroxyl groups excluding tert-OH is 1. The minimum absolute atomic E-state index is 0.123. The third-order valence-corrected chi connectivity index (χ3v) is 5.20. The number of rotatable bonds is 6. The molecule has 5 heteroatoms. The van der Waals surface area contributed by atoms with Crippen molar-refractivity contribution in [1.82, 2.24) is 5.32 Å². The molecule has 0 aromatic carbocycles. The SMILES string of the molecule is COCC(CCO)NC1CCOC2(CCSCC2)C1. The summed E-state index contributed by atoms with van der Waals surface area (Å²) in [6.07, 6.45) is 5.31. The molecule has 4 nitrogen and oxygen atoms in total. The van der Waals surface area contributed by atoms with Crippen molar-refractivity contribution in [2.75, 3.05) is 38.4 Å². The summed E-state index contributed by atoms with van der Waals surface area (Å²) in [6.45, 7) is 1.74. The van der Waals surface area contributed by atoms with E-state index >= 15 is 0 Å². The van der Waals surface area contributed by atoms with E-state index in [-0.39, 0.29) is 18.2 Å². The van der Waals surface area contributed by atoms with Crippen LogP contribution >= 0.6 is 11.8 Å². The number of ether oxygens (including phenoxy) is 2. The van der Waals surface area contributed by atoms with Gasteiger partial charge in [0.15, 0.2) is 0 Å². The largest absolute Gasteiger partial charge is 0.396 e. The van der Waals surface area contributed by atoms with Gasteiger partial charge in [0, 0.05) is 32.4 Å². The van der Waals surface area contributed by atoms with Crippen LogP contribution in [-0.2, 0) is 9.47 Å². The van der Waals surface area contributed by atoms with Gasteiger partial charge in [0.05, 0.1) is 12.2 Å². The van der Waals surface area contributed by atoms with Crippen LogP contribution in [0, 0.1) is 0 Å². The first kappa shape index (κ1) is 15.6. The number of nitrogens with one attached hydrogen (secondary N) is 1. The Morgan fingerprint density at radius 2 is 2.26 bits per heavy atom. The smallest absolute Gasteiger partial charge is 0.0713 e. The molecular weight excluding hydrogens is 262 g/mol. The zero-order valence-corrected chi connectivity index (χ0v) is 12.7. The van der Waals surface area contributed by atoms with Gasteiger partial charge in [-0.15, -0.1) is 0 Å². The van der Waals surface area contributed by atoms with Crippen molar-refractivity contribution in [2.24, 2.45) is 0 Å². The summed E-state index contributed by atoms with van der Waals surface area (Å²) in [5, 5.41) is 12.8. The summed E-state index contributed by atoms with van der Waals surface area (Å²) in [5.74, 6) is 2.45. The van der Waals surface area contributed by atoms with Crippen molar-refractivity contribution in [3.8, 4) is 0 Å². The predicted molar refractivity (Wildman–Crippen MR) is 78.8 cm³/mol. The Kier molecular flexibility index (Phi) is 6.42. The van der Waals surface area contributed by atoms with Gasteiger partial charge in [-0.3, -0.25) is 0 Å². The quantitative estimate of drug-likeness (QED) is 0.774. The number of methoxy groups -OCH3 is 1. The van der Waals surface area contributed by atoms with E-state index in [1.807, 2.05) is 11.8 Å². The summed E-state index contributed by atoms with van der Waals surface area (Å²) >= 11 is 2.04. The second-order valence-electron chi connectivity index (χ2n) is 5.66. The first-order chi connectivity index (χ1) is 9.28. The Balaban J connectivity index is 1.85. The fourth-order valence-corrected chi connectivity index (χ4v) is 4.40. The number of thioether (sulfide) groups is 1. The molecule has 112 valence electrons. The highest BCUT2D eigenvalue weighted by Gasteiger charge is 2.39. The van der Waals surface area contributed by atoms with Crippen molar-refractivity contribution < 1.29 is 14.6 Å². The minimum Gasteiger partial charge on any atom is -0.396 e. The summed E-state index contributed by atoms with van der Waals surface area (Å²) in [5.41, 5.74) is 0.123. The number of aliphatic hydroxyl groups is 1. The first-order valence-corrected chi connectivity index (χ1v) is 8.51. The molecule has 2 fully saturated rings. The van der Waals surface area contributed by atoms with Crippen LogP contribution in [0.5, 0.6) is 0 Å². The molecule has 0 saturated carbocycles. The van der Waals surface area contributed by atoms with Crippen LogP contribution in [0.4, 0.5) is 0 Å². The van der Waals surface area contributed by atoms with E-state index in [2.05, 4.69) is 5.32 Å². The topological polar surface area (TPSA) is 50.7 Å². The molecule has 0 aromatic heterocycles. The van der Waals surface area contributed by atoms with E-state index in [1.54, 1.807) is 7.11 Å². The van der Waals surface area contributed by atoms with Gasteiger partial charge in [0.25, 0.3) is 0 Å². The van der Waals surface area contributed by atoms with E-state index in [1.165, 1.54) is 24.3 Å². The molecule has 2 saturated heterocycles. The Morgan fingerprint density at radius 3 is 2.95 bits per heavy atom. The molecule has 0 amide bonds. The Hall–Kier alpha value is 0.190. The van der Waals surface area contributed by atoms with Gasteiger partial charge < -0.3 is 19.9 Å². The lowest BCUT2D eigenvalue weighted by Gasteiger charge is -2.44. The Morgan fingerprint density at radius 1 is 1.47 bits per heavy atom. The highest BCUT2D eigenvalue weighted by atomic mass is 32.2. The summed E-state index contributed by atoms with van der Waals surface area (Å²) in [6, 6.07) is 0.761. The molecule has 0 aromatic rings. The minimum atomic E-state index is 0.123. The third kappa shape index (κ3) is 4.60. The van der Waals surface area contributed by atoms with Crippen LogP contribution in [0.25, 0.3) is 0 Å². The van der Waals surface area contributed by atoms with Crippen LogP contribution in [0.2, 0.25) is 0 Å². The average molecular weight is 289 g/mol. The molecule has 19 heavy (non-hydrogen) atoms.